The van der Waals surface area contributed by atoms with Crippen LogP contribution < -0.4 is 5.32 Å². The number of hydrogen-bond donors (Lipinski definition) is 1. The second kappa shape index (κ2) is 6.90. The fourth-order valence-corrected chi connectivity index (χ4v) is 2.75. The van der Waals surface area contributed by atoms with Crippen molar-refractivity contribution in [2.45, 2.75) is 33.2 Å². The molecule has 1 aromatic rings. The molecular formula is C14H28N4. The Kier molecular flexibility index (Phi) is 5.82. The van der Waals surface area contributed by atoms with Crippen molar-refractivity contribution >= 4 is 0 Å². The van der Waals surface area contributed by atoms with E-state index in [2.05, 4.69) is 47.7 Å². The van der Waals surface area contributed by atoms with Gasteiger partial charge in [0.25, 0.3) is 0 Å². The van der Waals surface area contributed by atoms with Crippen LogP contribution in [0.1, 0.15) is 32.5 Å². The predicted molar refractivity (Wildman–Crippen MR) is 76.5 cm³/mol. The molecule has 0 radical (unpaired) electrons. The van der Waals surface area contributed by atoms with Gasteiger partial charge < -0.3 is 9.88 Å². The maximum absolute atomic E-state index is 4.38. The highest BCUT2D eigenvalue weighted by Crippen LogP contribution is 2.23. The van der Waals surface area contributed by atoms with Crippen molar-refractivity contribution in [3.05, 3.63) is 18.2 Å². The molecule has 4 heteroatoms. The Bertz CT molecular complexity index is 339. The third-order valence-electron chi connectivity index (χ3n) is 3.44. The van der Waals surface area contributed by atoms with Crippen LogP contribution in [0.3, 0.4) is 0 Å². The van der Waals surface area contributed by atoms with Crippen molar-refractivity contribution in [2.75, 3.05) is 27.2 Å². The molecule has 1 heterocycles. The second-order valence-electron chi connectivity index (χ2n) is 5.72. The highest BCUT2D eigenvalue weighted by Gasteiger charge is 2.24. The fraction of sp³-hybridized carbons (Fsp3) is 0.786. The van der Waals surface area contributed by atoms with E-state index in [1.54, 1.807) is 0 Å². The van der Waals surface area contributed by atoms with Crippen molar-refractivity contribution < 1.29 is 0 Å². The van der Waals surface area contributed by atoms with Crippen LogP contribution in [0.25, 0.3) is 0 Å². The van der Waals surface area contributed by atoms with Crippen molar-refractivity contribution in [2.24, 2.45) is 12.5 Å². The molecule has 0 amide bonds. The minimum atomic E-state index is 0.337. The molecule has 0 aliphatic rings. The predicted octanol–water partition coefficient (Wildman–Crippen LogP) is 1.88. The number of aryl methyl sites for hydroxylation is 1. The van der Waals surface area contributed by atoms with E-state index >= 15 is 0 Å². The molecular weight excluding hydrogens is 224 g/mol. The van der Waals surface area contributed by atoms with Crippen LogP contribution in [-0.2, 0) is 13.6 Å². The summed E-state index contributed by atoms with van der Waals surface area (Å²) in [6.45, 7) is 7.68. The number of imidazole rings is 1. The zero-order valence-corrected chi connectivity index (χ0v) is 12.5. The molecule has 1 N–H and O–H groups in total. The summed E-state index contributed by atoms with van der Waals surface area (Å²) in [6.07, 6.45) is 6.34. The van der Waals surface area contributed by atoms with Gasteiger partial charge in [0.05, 0.1) is 6.54 Å². The number of aromatic nitrogens is 2. The molecule has 0 aliphatic heterocycles. The quantitative estimate of drug-likeness (QED) is 0.767. The molecule has 0 saturated carbocycles. The molecule has 18 heavy (non-hydrogen) atoms. The van der Waals surface area contributed by atoms with Gasteiger partial charge in [-0.15, -0.1) is 0 Å². The lowest BCUT2D eigenvalue weighted by Gasteiger charge is -2.33. The standard InChI is InChI=1S/C14H28N4/c1-6-7-14(2,11-15-3)12-17(4)10-13-16-8-9-18(13)5/h8-9,15H,6-7,10-12H2,1-5H3. The lowest BCUT2D eigenvalue weighted by molar-refractivity contribution is 0.167. The van der Waals surface area contributed by atoms with Gasteiger partial charge in [-0.05, 0) is 25.9 Å². The topological polar surface area (TPSA) is 33.1 Å². The first-order valence-electron chi connectivity index (χ1n) is 6.80. The number of hydrogen-bond acceptors (Lipinski definition) is 3. The Morgan fingerprint density at radius 3 is 2.72 bits per heavy atom. The average Bonchev–Trinajstić information content (AvgIpc) is 2.64. The Labute approximate surface area is 111 Å². The molecule has 4 nitrogen and oxygen atoms in total. The smallest absolute Gasteiger partial charge is 0.122 e. The first-order valence-corrected chi connectivity index (χ1v) is 6.80. The largest absolute Gasteiger partial charge is 0.337 e. The summed E-state index contributed by atoms with van der Waals surface area (Å²) in [5.74, 6) is 1.13. The van der Waals surface area contributed by atoms with Crippen molar-refractivity contribution in [3.63, 3.8) is 0 Å². The summed E-state index contributed by atoms with van der Waals surface area (Å²) < 4.78 is 2.09. The summed E-state index contributed by atoms with van der Waals surface area (Å²) in [4.78, 5) is 6.75. The van der Waals surface area contributed by atoms with E-state index in [1.165, 1.54) is 12.8 Å². The molecule has 1 aromatic heterocycles. The van der Waals surface area contributed by atoms with E-state index in [4.69, 9.17) is 0 Å². The monoisotopic (exact) mass is 252 g/mol. The highest BCUT2D eigenvalue weighted by molar-refractivity contribution is 4.91. The summed E-state index contributed by atoms with van der Waals surface area (Å²) in [5, 5.41) is 3.32. The summed E-state index contributed by atoms with van der Waals surface area (Å²) >= 11 is 0. The van der Waals surface area contributed by atoms with E-state index in [0.29, 0.717) is 5.41 Å². The van der Waals surface area contributed by atoms with Gasteiger partial charge in [0, 0.05) is 32.5 Å². The molecule has 0 spiro atoms. The number of nitrogens with one attached hydrogen (secondary N) is 1. The summed E-state index contributed by atoms with van der Waals surface area (Å²) in [6, 6.07) is 0. The van der Waals surface area contributed by atoms with Crippen molar-refractivity contribution in [1.29, 1.82) is 0 Å². The van der Waals surface area contributed by atoms with E-state index in [0.717, 1.165) is 25.5 Å². The summed E-state index contributed by atoms with van der Waals surface area (Å²) in [5.41, 5.74) is 0.337. The Morgan fingerprint density at radius 2 is 2.22 bits per heavy atom. The Morgan fingerprint density at radius 1 is 1.50 bits per heavy atom. The second-order valence-corrected chi connectivity index (χ2v) is 5.72. The van der Waals surface area contributed by atoms with Crippen LogP contribution in [-0.4, -0.2) is 41.6 Å². The van der Waals surface area contributed by atoms with Gasteiger partial charge in [-0.1, -0.05) is 20.3 Å². The van der Waals surface area contributed by atoms with Crippen molar-refractivity contribution in [3.8, 4) is 0 Å². The molecule has 1 rings (SSSR count). The Hall–Kier alpha value is -0.870. The lowest BCUT2D eigenvalue weighted by Crippen LogP contribution is -2.40. The van der Waals surface area contributed by atoms with Gasteiger partial charge in [0.1, 0.15) is 5.82 Å². The van der Waals surface area contributed by atoms with Gasteiger partial charge >= 0.3 is 0 Å². The normalized spacial score (nSPS) is 15.0. The van der Waals surface area contributed by atoms with E-state index in [1.807, 2.05) is 19.4 Å². The van der Waals surface area contributed by atoms with Gasteiger partial charge in [-0.25, -0.2) is 4.98 Å². The number of rotatable bonds is 8. The molecule has 0 fully saturated rings. The minimum Gasteiger partial charge on any atom is -0.337 e. The van der Waals surface area contributed by atoms with Crippen LogP contribution in [0.2, 0.25) is 0 Å². The molecule has 0 saturated heterocycles. The van der Waals surface area contributed by atoms with Crippen LogP contribution in [0.5, 0.6) is 0 Å². The van der Waals surface area contributed by atoms with Crippen molar-refractivity contribution in [1.82, 2.24) is 19.8 Å². The maximum atomic E-state index is 4.38. The molecule has 0 bridgehead atoms. The van der Waals surface area contributed by atoms with Crippen LogP contribution in [0, 0.1) is 5.41 Å². The first-order chi connectivity index (χ1) is 8.50. The lowest BCUT2D eigenvalue weighted by atomic mass is 9.85. The first kappa shape index (κ1) is 15.2. The van der Waals surface area contributed by atoms with E-state index in [-0.39, 0.29) is 0 Å². The third kappa shape index (κ3) is 4.42. The zero-order chi connectivity index (χ0) is 13.6. The SMILES string of the molecule is CCCC(C)(CNC)CN(C)Cc1nccn1C. The molecule has 0 aromatic carbocycles. The van der Waals surface area contributed by atoms with E-state index in [9.17, 15) is 0 Å². The van der Waals surface area contributed by atoms with Gasteiger partial charge in [-0.2, -0.15) is 0 Å². The number of nitrogens with zero attached hydrogens (tertiary/aromatic N) is 3. The zero-order valence-electron chi connectivity index (χ0n) is 12.5. The maximum Gasteiger partial charge on any atom is 0.122 e. The third-order valence-corrected chi connectivity index (χ3v) is 3.44. The van der Waals surface area contributed by atoms with Gasteiger partial charge in [0.2, 0.25) is 0 Å². The molecule has 104 valence electrons. The van der Waals surface area contributed by atoms with Crippen LogP contribution in [0.15, 0.2) is 12.4 Å². The fourth-order valence-electron chi connectivity index (χ4n) is 2.75. The molecule has 0 aliphatic carbocycles. The van der Waals surface area contributed by atoms with Crippen LogP contribution >= 0.6 is 0 Å². The average molecular weight is 252 g/mol. The molecule has 1 atom stereocenters. The summed E-state index contributed by atoms with van der Waals surface area (Å²) in [7, 11) is 6.26. The van der Waals surface area contributed by atoms with Gasteiger partial charge in [0.15, 0.2) is 0 Å². The highest BCUT2D eigenvalue weighted by atomic mass is 15.2. The van der Waals surface area contributed by atoms with Gasteiger partial charge in [-0.3, -0.25) is 4.90 Å². The minimum absolute atomic E-state index is 0.337. The molecule has 1 unspecified atom stereocenters. The van der Waals surface area contributed by atoms with E-state index < -0.39 is 0 Å². The Balaban J connectivity index is 2.56. The van der Waals surface area contributed by atoms with Crippen LogP contribution in [0.4, 0.5) is 0 Å².